The van der Waals surface area contributed by atoms with Crippen LogP contribution in [-0.2, 0) is 6.42 Å². The second-order valence-electron chi connectivity index (χ2n) is 5.64. The number of halogens is 2. The Morgan fingerprint density at radius 1 is 1.24 bits per heavy atom. The first-order chi connectivity index (χ1) is 12.0. The lowest BCUT2D eigenvalue weighted by Gasteiger charge is -2.06. The number of nitrogens with zero attached hydrogens (tertiary/aromatic N) is 1. The fourth-order valence-electron chi connectivity index (χ4n) is 2.32. The molecule has 0 saturated heterocycles. The van der Waals surface area contributed by atoms with Crippen LogP contribution in [0.5, 0.6) is 0 Å². The summed E-state index contributed by atoms with van der Waals surface area (Å²) >= 11 is 3.57. The molecule has 25 heavy (non-hydrogen) atoms. The normalized spacial score (nSPS) is 10.7. The number of benzene rings is 2. The van der Waals surface area contributed by atoms with Crippen molar-refractivity contribution >= 4 is 39.8 Å². The van der Waals surface area contributed by atoms with Gasteiger partial charge in [-0.15, -0.1) is 11.3 Å². The fourth-order valence-corrected chi connectivity index (χ4v) is 3.91. The third kappa shape index (κ3) is 4.64. The summed E-state index contributed by atoms with van der Waals surface area (Å²) in [6.07, 6.45) is 0.659. The molecular formula is C19H16FIN2OS. The van der Waals surface area contributed by atoms with Crippen LogP contribution in [0.2, 0.25) is 0 Å². The van der Waals surface area contributed by atoms with Gasteiger partial charge in [0.2, 0.25) is 0 Å². The summed E-state index contributed by atoms with van der Waals surface area (Å²) in [6, 6.07) is 12.4. The average Bonchev–Trinajstić information content (AvgIpc) is 3.04. The van der Waals surface area contributed by atoms with E-state index < -0.39 is 0 Å². The van der Waals surface area contributed by atoms with Crippen LogP contribution in [0, 0.1) is 16.3 Å². The van der Waals surface area contributed by atoms with Gasteiger partial charge < -0.3 is 5.32 Å². The summed E-state index contributed by atoms with van der Waals surface area (Å²) in [6.45, 7) is 2.55. The Morgan fingerprint density at radius 2 is 2.00 bits per heavy atom. The van der Waals surface area contributed by atoms with E-state index >= 15 is 0 Å². The molecule has 0 bridgehead atoms. The molecule has 0 fully saturated rings. The van der Waals surface area contributed by atoms with E-state index in [0.717, 1.165) is 16.3 Å². The highest BCUT2D eigenvalue weighted by atomic mass is 127. The zero-order valence-electron chi connectivity index (χ0n) is 13.6. The van der Waals surface area contributed by atoms with Gasteiger partial charge in [0.25, 0.3) is 5.91 Å². The second-order valence-corrected chi connectivity index (χ2v) is 7.66. The molecule has 3 nitrogen and oxygen atoms in total. The van der Waals surface area contributed by atoms with Gasteiger partial charge in [-0.3, -0.25) is 4.79 Å². The van der Waals surface area contributed by atoms with Crippen LogP contribution in [0.1, 0.15) is 21.6 Å². The molecule has 0 aliphatic heterocycles. The maximum atomic E-state index is 13.1. The van der Waals surface area contributed by atoms with Crippen molar-refractivity contribution in [2.24, 2.45) is 0 Å². The highest BCUT2D eigenvalue weighted by Gasteiger charge is 2.11. The van der Waals surface area contributed by atoms with Gasteiger partial charge >= 0.3 is 0 Å². The number of hydrogen-bond donors (Lipinski definition) is 1. The minimum absolute atomic E-state index is 0.196. The zero-order valence-corrected chi connectivity index (χ0v) is 16.5. The summed E-state index contributed by atoms with van der Waals surface area (Å²) < 4.78 is 13.7. The van der Waals surface area contributed by atoms with Gasteiger partial charge in [-0.1, -0.05) is 29.8 Å². The molecule has 1 N–H and O–H groups in total. The lowest BCUT2D eigenvalue weighted by molar-refractivity contribution is 0.0953. The van der Waals surface area contributed by atoms with Crippen molar-refractivity contribution in [2.45, 2.75) is 13.3 Å². The number of hydrogen-bond acceptors (Lipinski definition) is 3. The average molecular weight is 466 g/mol. The van der Waals surface area contributed by atoms with Crippen molar-refractivity contribution in [2.75, 3.05) is 6.54 Å². The van der Waals surface area contributed by atoms with E-state index in [1.54, 1.807) is 11.3 Å². The van der Waals surface area contributed by atoms with Gasteiger partial charge in [0.15, 0.2) is 0 Å². The van der Waals surface area contributed by atoms with E-state index in [2.05, 4.69) is 41.5 Å². The van der Waals surface area contributed by atoms with Crippen molar-refractivity contribution in [1.29, 1.82) is 0 Å². The highest BCUT2D eigenvalue weighted by Crippen LogP contribution is 2.24. The van der Waals surface area contributed by atoms with Gasteiger partial charge in [0.05, 0.1) is 11.3 Å². The first-order valence-electron chi connectivity index (χ1n) is 7.77. The van der Waals surface area contributed by atoms with E-state index in [1.165, 1.54) is 23.8 Å². The zero-order chi connectivity index (χ0) is 17.8. The predicted molar refractivity (Wildman–Crippen MR) is 107 cm³/mol. The van der Waals surface area contributed by atoms with E-state index in [9.17, 15) is 9.18 Å². The smallest absolute Gasteiger partial charge is 0.252 e. The monoisotopic (exact) mass is 466 g/mol. The summed E-state index contributed by atoms with van der Waals surface area (Å²) in [7, 11) is 0. The molecule has 1 aromatic heterocycles. The van der Waals surface area contributed by atoms with Gasteiger partial charge in [-0.2, -0.15) is 0 Å². The topological polar surface area (TPSA) is 42.0 Å². The predicted octanol–water partition coefficient (Wildman–Crippen LogP) is 4.83. The van der Waals surface area contributed by atoms with E-state index in [-0.39, 0.29) is 11.7 Å². The quantitative estimate of drug-likeness (QED) is 0.548. The summed E-state index contributed by atoms with van der Waals surface area (Å²) in [5.74, 6) is -0.537. The third-order valence-corrected chi connectivity index (χ3v) is 5.53. The number of carbonyl (C=O) groups excluding carboxylic acids is 1. The van der Waals surface area contributed by atoms with Crippen LogP contribution >= 0.6 is 33.9 Å². The molecule has 3 aromatic rings. The molecule has 0 spiro atoms. The van der Waals surface area contributed by atoms with Crippen LogP contribution in [0.3, 0.4) is 0 Å². The molecule has 3 rings (SSSR count). The highest BCUT2D eigenvalue weighted by molar-refractivity contribution is 14.1. The molecule has 0 aliphatic carbocycles. The van der Waals surface area contributed by atoms with Gasteiger partial charge in [0.1, 0.15) is 10.8 Å². The lowest BCUT2D eigenvalue weighted by atomic mass is 10.2. The second kappa shape index (κ2) is 8.05. The Morgan fingerprint density at radius 3 is 2.72 bits per heavy atom. The number of aromatic nitrogens is 1. The van der Waals surface area contributed by atoms with Crippen molar-refractivity contribution in [3.63, 3.8) is 0 Å². The molecule has 128 valence electrons. The molecule has 0 unspecified atom stereocenters. The molecule has 6 heteroatoms. The minimum Gasteiger partial charge on any atom is -0.352 e. The van der Waals surface area contributed by atoms with Crippen LogP contribution in [-0.4, -0.2) is 17.4 Å². The SMILES string of the molecule is Cc1ccc(-c2nc(CCNC(=O)c3ccc(F)cc3I)cs2)cc1. The molecule has 0 aliphatic rings. The molecule has 0 saturated carbocycles. The molecule has 1 heterocycles. The number of rotatable bonds is 5. The third-order valence-electron chi connectivity index (χ3n) is 3.69. The Bertz CT molecular complexity index is 893. The van der Waals surface area contributed by atoms with Crippen molar-refractivity contribution < 1.29 is 9.18 Å². The van der Waals surface area contributed by atoms with Gasteiger partial charge in [-0.25, -0.2) is 9.37 Å². The Balaban J connectivity index is 1.57. The Hall–Kier alpha value is -1.80. The van der Waals surface area contributed by atoms with E-state index in [0.29, 0.717) is 22.1 Å². The lowest BCUT2D eigenvalue weighted by Crippen LogP contribution is -2.26. The number of carbonyl (C=O) groups is 1. The number of aryl methyl sites for hydroxylation is 1. The van der Waals surface area contributed by atoms with Crippen molar-refractivity contribution in [3.8, 4) is 10.6 Å². The molecule has 1 amide bonds. The standard InChI is InChI=1S/C19H16FIN2OS/c1-12-2-4-13(5-3-12)19-23-15(11-25-19)8-9-22-18(24)16-7-6-14(20)10-17(16)21/h2-7,10-11H,8-9H2,1H3,(H,22,24). The first kappa shape index (κ1) is 18.0. The molecular weight excluding hydrogens is 450 g/mol. The van der Waals surface area contributed by atoms with Crippen molar-refractivity contribution in [1.82, 2.24) is 10.3 Å². The molecule has 0 atom stereocenters. The Labute approximate surface area is 163 Å². The van der Waals surface area contributed by atoms with Crippen molar-refractivity contribution in [3.05, 3.63) is 74.1 Å². The van der Waals surface area contributed by atoms with Crippen LogP contribution in [0.15, 0.2) is 47.8 Å². The number of nitrogens with one attached hydrogen (secondary N) is 1. The largest absolute Gasteiger partial charge is 0.352 e. The van der Waals surface area contributed by atoms with Gasteiger partial charge in [0, 0.05) is 27.5 Å². The molecule has 2 aromatic carbocycles. The molecule has 0 radical (unpaired) electrons. The number of amides is 1. The fraction of sp³-hybridized carbons (Fsp3) is 0.158. The van der Waals surface area contributed by atoms with Crippen LogP contribution < -0.4 is 5.32 Å². The summed E-state index contributed by atoms with van der Waals surface area (Å²) in [5.41, 5.74) is 3.76. The van der Waals surface area contributed by atoms with Crippen LogP contribution in [0.4, 0.5) is 4.39 Å². The Kier molecular flexibility index (Phi) is 5.80. The summed E-state index contributed by atoms with van der Waals surface area (Å²) in [4.78, 5) is 16.8. The van der Waals surface area contributed by atoms with E-state index in [1.807, 2.05) is 28.0 Å². The minimum atomic E-state index is -0.341. The van der Waals surface area contributed by atoms with Gasteiger partial charge in [-0.05, 0) is 47.7 Å². The first-order valence-corrected chi connectivity index (χ1v) is 9.73. The van der Waals surface area contributed by atoms with Crippen LogP contribution in [0.25, 0.3) is 10.6 Å². The maximum Gasteiger partial charge on any atom is 0.252 e. The summed E-state index contributed by atoms with van der Waals surface area (Å²) in [5, 5.41) is 5.86. The van der Waals surface area contributed by atoms with E-state index in [4.69, 9.17) is 0 Å². The number of thiazole rings is 1. The maximum absolute atomic E-state index is 13.1.